The van der Waals surface area contributed by atoms with Crippen molar-refractivity contribution in [1.82, 2.24) is 14.9 Å². The van der Waals surface area contributed by atoms with Crippen molar-refractivity contribution >= 4 is 27.7 Å². The summed E-state index contributed by atoms with van der Waals surface area (Å²) in [4.78, 5) is 11.8. The summed E-state index contributed by atoms with van der Waals surface area (Å²) >= 11 is 5.90. The Bertz CT molecular complexity index is 636. The lowest BCUT2D eigenvalue weighted by molar-refractivity contribution is 0.237. The minimum Gasteiger partial charge on any atom is -0.338 e. The van der Waals surface area contributed by atoms with Gasteiger partial charge in [-0.3, -0.25) is 0 Å². The van der Waals surface area contributed by atoms with E-state index in [1.165, 1.54) is 10.6 Å². The van der Waals surface area contributed by atoms with Crippen molar-refractivity contribution in [3.63, 3.8) is 0 Å². The summed E-state index contributed by atoms with van der Waals surface area (Å²) in [5, 5.41) is 6.24. The quantitative estimate of drug-likeness (QED) is 0.842. The third-order valence-corrected chi connectivity index (χ3v) is 5.05. The van der Waals surface area contributed by atoms with Crippen LogP contribution in [-0.2, 0) is 16.4 Å². The molecule has 122 valence electrons. The molecule has 0 saturated carbocycles. The number of carbonyl (C=O) groups excluding carboxylic acids is 1. The van der Waals surface area contributed by atoms with Crippen molar-refractivity contribution < 1.29 is 13.2 Å². The first kappa shape index (κ1) is 17.1. The van der Waals surface area contributed by atoms with Crippen molar-refractivity contribution in [2.24, 2.45) is 0 Å². The van der Waals surface area contributed by atoms with Gasteiger partial charge < -0.3 is 10.6 Å². The molecule has 1 aliphatic heterocycles. The lowest BCUT2D eigenvalue weighted by Crippen LogP contribution is -2.44. The summed E-state index contributed by atoms with van der Waals surface area (Å²) in [5.41, 5.74) is 1.05. The van der Waals surface area contributed by atoms with Gasteiger partial charge in [0, 0.05) is 30.7 Å². The van der Waals surface area contributed by atoms with Crippen LogP contribution in [-0.4, -0.2) is 50.7 Å². The van der Waals surface area contributed by atoms with Crippen LogP contribution in [0.15, 0.2) is 24.3 Å². The normalized spacial score (nSPS) is 19.1. The van der Waals surface area contributed by atoms with E-state index in [4.69, 9.17) is 11.6 Å². The van der Waals surface area contributed by atoms with Crippen LogP contribution in [0.5, 0.6) is 0 Å². The van der Waals surface area contributed by atoms with E-state index < -0.39 is 10.0 Å². The fourth-order valence-electron chi connectivity index (χ4n) is 2.40. The highest BCUT2D eigenvalue weighted by molar-refractivity contribution is 7.88. The molecule has 1 unspecified atom stereocenters. The van der Waals surface area contributed by atoms with Crippen LogP contribution >= 0.6 is 11.6 Å². The summed E-state index contributed by atoms with van der Waals surface area (Å²) in [6.07, 6.45) is 2.50. The first-order valence-corrected chi connectivity index (χ1v) is 9.31. The van der Waals surface area contributed by atoms with Crippen molar-refractivity contribution in [2.45, 2.75) is 18.9 Å². The molecule has 2 N–H and O–H groups in total. The van der Waals surface area contributed by atoms with E-state index in [1.807, 2.05) is 18.2 Å². The Morgan fingerprint density at radius 3 is 2.86 bits per heavy atom. The van der Waals surface area contributed by atoms with Gasteiger partial charge in [0.05, 0.1) is 6.26 Å². The highest BCUT2D eigenvalue weighted by Crippen LogP contribution is 2.12. The molecule has 0 radical (unpaired) electrons. The molecule has 1 saturated heterocycles. The minimum atomic E-state index is -3.18. The highest BCUT2D eigenvalue weighted by Gasteiger charge is 2.29. The monoisotopic (exact) mass is 345 g/mol. The van der Waals surface area contributed by atoms with Gasteiger partial charge >= 0.3 is 6.03 Å². The minimum absolute atomic E-state index is 0.138. The lowest BCUT2D eigenvalue weighted by Gasteiger charge is -2.15. The average Bonchev–Trinajstić information content (AvgIpc) is 2.87. The molecular formula is C14H20ClN3O3S. The Balaban J connectivity index is 1.71. The Morgan fingerprint density at radius 2 is 2.23 bits per heavy atom. The number of benzene rings is 1. The SMILES string of the molecule is CS(=O)(=O)N1CCC(NC(=O)NCCc2cccc(Cl)c2)C1. The number of nitrogens with one attached hydrogen (secondary N) is 2. The largest absolute Gasteiger partial charge is 0.338 e. The average molecular weight is 346 g/mol. The van der Waals surface area contributed by atoms with E-state index in [0.29, 0.717) is 37.5 Å². The Kier molecular flexibility index (Phi) is 5.66. The first-order valence-electron chi connectivity index (χ1n) is 7.08. The number of rotatable bonds is 5. The topological polar surface area (TPSA) is 78.5 Å². The maximum absolute atomic E-state index is 11.8. The lowest BCUT2D eigenvalue weighted by atomic mass is 10.1. The summed E-state index contributed by atoms with van der Waals surface area (Å²) in [6.45, 7) is 1.28. The summed E-state index contributed by atoms with van der Waals surface area (Å²) < 4.78 is 24.2. The first-order chi connectivity index (χ1) is 10.3. The van der Waals surface area contributed by atoms with Crippen LogP contribution in [0.1, 0.15) is 12.0 Å². The van der Waals surface area contributed by atoms with Crippen molar-refractivity contribution in [1.29, 1.82) is 0 Å². The molecule has 1 aromatic carbocycles. The molecule has 1 fully saturated rings. The molecular weight excluding hydrogens is 326 g/mol. The van der Waals surface area contributed by atoms with Crippen molar-refractivity contribution in [3.8, 4) is 0 Å². The van der Waals surface area contributed by atoms with Gasteiger partial charge in [-0.1, -0.05) is 23.7 Å². The predicted octanol–water partition coefficient (Wildman–Crippen LogP) is 1.22. The second-order valence-corrected chi connectivity index (χ2v) is 7.81. The molecule has 0 aliphatic carbocycles. The Labute approximate surface area is 135 Å². The van der Waals surface area contributed by atoms with E-state index >= 15 is 0 Å². The molecule has 0 spiro atoms. The zero-order valence-electron chi connectivity index (χ0n) is 12.4. The summed E-state index contributed by atoms with van der Waals surface area (Å²) in [6, 6.07) is 7.08. The smallest absolute Gasteiger partial charge is 0.315 e. The highest BCUT2D eigenvalue weighted by atomic mass is 35.5. The van der Waals surface area contributed by atoms with E-state index in [1.54, 1.807) is 6.07 Å². The molecule has 2 rings (SSSR count). The molecule has 1 aromatic rings. The number of urea groups is 1. The Hall–Kier alpha value is -1.31. The standard InChI is InChI=1S/C14H20ClN3O3S/c1-22(20,21)18-8-6-13(10-18)17-14(19)16-7-5-11-3-2-4-12(15)9-11/h2-4,9,13H,5-8,10H2,1H3,(H2,16,17,19). The summed E-state index contributed by atoms with van der Waals surface area (Å²) in [7, 11) is -3.18. The van der Waals surface area contributed by atoms with Gasteiger partial charge in [0.25, 0.3) is 0 Å². The van der Waals surface area contributed by atoms with Gasteiger partial charge in [0.15, 0.2) is 0 Å². The second-order valence-electron chi connectivity index (χ2n) is 5.39. The number of carbonyl (C=O) groups is 1. The van der Waals surface area contributed by atoms with Crippen LogP contribution in [0, 0.1) is 0 Å². The van der Waals surface area contributed by atoms with Gasteiger partial charge in [-0.15, -0.1) is 0 Å². The molecule has 1 aliphatic rings. The van der Waals surface area contributed by atoms with Gasteiger partial charge in [-0.25, -0.2) is 17.5 Å². The van der Waals surface area contributed by atoms with Gasteiger partial charge in [-0.2, -0.15) is 0 Å². The van der Waals surface area contributed by atoms with Gasteiger partial charge in [-0.05, 0) is 30.5 Å². The van der Waals surface area contributed by atoms with E-state index in [2.05, 4.69) is 10.6 Å². The molecule has 8 heteroatoms. The molecule has 1 heterocycles. The second kappa shape index (κ2) is 7.30. The van der Waals surface area contributed by atoms with Gasteiger partial charge in [0.2, 0.25) is 10.0 Å². The summed E-state index contributed by atoms with van der Waals surface area (Å²) in [5.74, 6) is 0. The molecule has 6 nitrogen and oxygen atoms in total. The van der Waals surface area contributed by atoms with E-state index in [9.17, 15) is 13.2 Å². The molecule has 0 bridgehead atoms. The van der Waals surface area contributed by atoms with Crippen molar-refractivity contribution in [3.05, 3.63) is 34.9 Å². The number of amides is 2. The van der Waals surface area contributed by atoms with Crippen LogP contribution in [0.3, 0.4) is 0 Å². The maximum Gasteiger partial charge on any atom is 0.315 e. The number of sulfonamides is 1. The maximum atomic E-state index is 11.8. The number of halogens is 1. The number of hydrogen-bond donors (Lipinski definition) is 2. The van der Waals surface area contributed by atoms with Crippen LogP contribution in [0.2, 0.25) is 5.02 Å². The van der Waals surface area contributed by atoms with Crippen LogP contribution in [0.4, 0.5) is 4.79 Å². The third kappa shape index (κ3) is 5.15. The fraction of sp³-hybridized carbons (Fsp3) is 0.500. The third-order valence-electron chi connectivity index (χ3n) is 3.54. The van der Waals surface area contributed by atoms with E-state index in [0.717, 1.165) is 5.56 Å². The van der Waals surface area contributed by atoms with E-state index in [-0.39, 0.29) is 12.1 Å². The molecule has 22 heavy (non-hydrogen) atoms. The zero-order chi connectivity index (χ0) is 16.2. The predicted molar refractivity (Wildman–Crippen MR) is 86.5 cm³/mol. The number of nitrogens with zero attached hydrogens (tertiary/aromatic N) is 1. The van der Waals surface area contributed by atoms with Crippen molar-refractivity contribution in [2.75, 3.05) is 25.9 Å². The molecule has 1 atom stereocenters. The Morgan fingerprint density at radius 1 is 1.45 bits per heavy atom. The van der Waals surface area contributed by atoms with Crippen LogP contribution < -0.4 is 10.6 Å². The zero-order valence-corrected chi connectivity index (χ0v) is 14.0. The fourth-order valence-corrected chi connectivity index (χ4v) is 3.50. The number of hydrogen-bond acceptors (Lipinski definition) is 3. The van der Waals surface area contributed by atoms with Crippen LogP contribution in [0.25, 0.3) is 0 Å². The van der Waals surface area contributed by atoms with Gasteiger partial charge in [0.1, 0.15) is 0 Å². The molecule has 2 amide bonds. The molecule has 0 aromatic heterocycles.